The molecule has 0 saturated carbocycles. The van der Waals surface area contributed by atoms with Gasteiger partial charge in [-0.15, -0.1) is 0 Å². The van der Waals surface area contributed by atoms with Crippen LogP contribution in [0, 0.1) is 0 Å². The van der Waals surface area contributed by atoms with Crippen LogP contribution in [0.2, 0.25) is 10.6 Å². The van der Waals surface area contributed by atoms with Crippen LogP contribution in [0.5, 0.6) is 0 Å². The Morgan fingerprint density at radius 1 is 1.14 bits per heavy atom. The van der Waals surface area contributed by atoms with Crippen LogP contribution in [-0.4, -0.2) is 11.0 Å². The fourth-order valence-electron chi connectivity index (χ4n) is 1.12. The topological polar surface area (TPSA) is 0 Å². The molecule has 0 saturated heterocycles. The molecule has 4 heteroatoms. The van der Waals surface area contributed by atoms with E-state index in [0.29, 0.717) is 0 Å². The molecule has 0 radical (unpaired) electrons. The molecular formula is C10H13Cl3Se. The SMILES string of the molecule is C[C@@H]([C@H](Cl)c1ccccc1)[Se](C)(Cl)Cl. The second kappa shape index (κ2) is 5.09. The van der Waals surface area contributed by atoms with E-state index in [4.69, 9.17) is 31.8 Å². The summed E-state index contributed by atoms with van der Waals surface area (Å²) in [6, 6.07) is 9.93. The summed E-state index contributed by atoms with van der Waals surface area (Å²) in [4.78, 5) is 0.152. The van der Waals surface area contributed by atoms with E-state index < -0.39 is 11.0 Å². The Balaban J connectivity index is 2.81. The van der Waals surface area contributed by atoms with Gasteiger partial charge in [0.05, 0.1) is 0 Å². The number of benzene rings is 1. The second-order valence-electron chi connectivity index (χ2n) is 3.30. The standard InChI is InChI=1S/C10H13Cl3Se/c1-8(14(2,12)13)10(11)9-6-4-3-5-7-9/h3-8,10H,1-2H3/t8-,10-/m0/s1. The molecule has 0 aliphatic carbocycles. The van der Waals surface area contributed by atoms with Gasteiger partial charge in [-0.3, -0.25) is 0 Å². The molecule has 2 atom stereocenters. The molecule has 14 heavy (non-hydrogen) atoms. The summed E-state index contributed by atoms with van der Waals surface area (Å²) in [6.07, 6.45) is 0. The molecule has 0 spiro atoms. The first kappa shape index (κ1) is 12.7. The Morgan fingerprint density at radius 2 is 1.64 bits per heavy atom. The van der Waals surface area contributed by atoms with Crippen molar-refractivity contribution in [1.82, 2.24) is 0 Å². The van der Waals surface area contributed by atoms with E-state index in [1.54, 1.807) is 0 Å². The van der Waals surface area contributed by atoms with Crippen LogP contribution in [0.1, 0.15) is 17.9 Å². The van der Waals surface area contributed by atoms with Crippen molar-refractivity contribution in [3.8, 4) is 0 Å². The van der Waals surface area contributed by atoms with Gasteiger partial charge in [-0.2, -0.15) is 0 Å². The number of hydrogen-bond acceptors (Lipinski definition) is 0. The summed E-state index contributed by atoms with van der Waals surface area (Å²) in [5.41, 5.74) is 1.09. The number of halogens is 3. The van der Waals surface area contributed by atoms with Crippen LogP contribution in [0.25, 0.3) is 0 Å². The molecule has 0 amide bonds. The molecule has 0 aliphatic rings. The van der Waals surface area contributed by atoms with Gasteiger partial charge in [0, 0.05) is 0 Å². The summed E-state index contributed by atoms with van der Waals surface area (Å²) in [6.45, 7) is 2.02. The van der Waals surface area contributed by atoms with E-state index in [-0.39, 0.29) is 10.2 Å². The third-order valence-corrected chi connectivity index (χ3v) is 9.38. The fraction of sp³-hybridized carbons (Fsp3) is 0.400. The average molecular weight is 319 g/mol. The normalized spacial score (nSPS) is 17.5. The van der Waals surface area contributed by atoms with Crippen molar-refractivity contribution in [2.45, 2.75) is 22.9 Å². The molecule has 0 aromatic heterocycles. The van der Waals surface area contributed by atoms with Crippen molar-refractivity contribution in [3.63, 3.8) is 0 Å². The van der Waals surface area contributed by atoms with Crippen LogP contribution in [0.3, 0.4) is 0 Å². The predicted molar refractivity (Wildman–Crippen MR) is 67.8 cm³/mol. The van der Waals surface area contributed by atoms with E-state index in [2.05, 4.69) is 0 Å². The number of alkyl halides is 1. The molecule has 0 heterocycles. The van der Waals surface area contributed by atoms with Crippen molar-refractivity contribution >= 4 is 42.8 Å². The molecule has 0 aliphatic heterocycles. The molecule has 0 fully saturated rings. The maximum absolute atomic E-state index is 6.31. The maximum atomic E-state index is 6.31. The van der Waals surface area contributed by atoms with E-state index in [1.807, 2.05) is 43.1 Å². The minimum atomic E-state index is -2.37. The van der Waals surface area contributed by atoms with Gasteiger partial charge in [-0.25, -0.2) is 0 Å². The van der Waals surface area contributed by atoms with Gasteiger partial charge in [0.2, 0.25) is 0 Å². The molecule has 1 aromatic rings. The molecule has 0 N–H and O–H groups in total. The molecule has 80 valence electrons. The van der Waals surface area contributed by atoms with E-state index in [1.165, 1.54) is 0 Å². The zero-order valence-corrected chi connectivity index (χ0v) is 12.1. The van der Waals surface area contributed by atoms with Crippen molar-refractivity contribution < 1.29 is 0 Å². The zero-order chi connectivity index (χ0) is 10.8. The molecule has 0 unspecified atom stereocenters. The third-order valence-electron chi connectivity index (χ3n) is 2.18. The van der Waals surface area contributed by atoms with Gasteiger partial charge in [0.15, 0.2) is 0 Å². The van der Waals surface area contributed by atoms with E-state index in [9.17, 15) is 0 Å². The molecule has 1 aromatic carbocycles. The first-order chi connectivity index (χ1) is 6.43. The van der Waals surface area contributed by atoms with Gasteiger partial charge < -0.3 is 0 Å². The van der Waals surface area contributed by atoms with Gasteiger partial charge in [0.25, 0.3) is 0 Å². The summed E-state index contributed by atoms with van der Waals surface area (Å²) in [5.74, 6) is 1.92. The Morgan fingerprint density at radius 3 is 2.07 bits per heavy atom. The molecule has 1 rings (SSSR count). The van der Waals surface area contributed by atoms with Gasteiger partial charge in [-0.1, -0.05) is 0 Å². The monoisotopic (exact) mass is 318 g/mol. The zero-order valence-electron chi connectivity index (χ0n) is 8.08. The van der Waals surface area contributed by atoms with Crippen molar-refractivity contribution in [3.05, 3.63) is 35.9 Å². The van der Waals surface area contributed by atoms with Gasteiger partial charge in [0.1, 0.15) is 0 Å². The van der Waals surface area contributed by atoms with Crippen LogP contribution >= 0.6 is 31.8 Å². The second-order valence-corrected chi connectivity index (χ2v) is 16.1. The first-order valence-electron chi connectivity index (χ1n) is 4.28. The Bertz CT molecular complexity index is 281. The fourth-order valence-corrected chi connectivity index (χ4v) is 5.16. The van der Waals surface area contributed by atoms with Crippen LogP contribution in [-0.2, 0) is 0 Å². The number of hydrogen-bond donors (Lipinski definition) is 0. The van der Waals surface area contributed by atoms with Crippen LogP contribution in [0.15, 0.2) is 30.3 Å². The third kappa shape index (κ3) is 3.32. The summed E-state index contributed by atoms with van der Waals surface area (Å²) >= 11 is 3.94. The average Bonchev–Trinajstić information content (AvgIpc) is 2.15. The van der Waals surface area contributed by atoms with Gasteiger partial charge >= 0.3 is 102 Å². The molecular weight excluding hydrogens is 305 g/mol. The van der Waals surface area contributed by atoms with E-state index in [0.717, 1.165) is 5.56 Å². The van der Waals surface area contributed by atoms with Crippen LogP contribution < -0.4 is 0 Å². The van der Waals surface area contributed by atoms with Crippen molar-refractivity contribution in [2.24, 2.45) is 0 Å². The summed E-state index contributed by atoms with van der Waals surface area (Å²) < 4.78 is 0. The minimum absolute atomic E-state index is 0.0869. The quantitative estimate of drug-likeness (QED) is 0.549. The summed E-state index contributed by atoms with van der Waals surface area (Å²) in [5, 5.41) is -0.0869. The van der Waals surface area contributed by atoms with Crippen molar-refractivity contribution in [1.29, 1.82) is 0 Å². The Kier molecular flexibility index (Phi) is 4.61. The van der Waals surface area contributed by atoms with Gasteiger partial charge in [-0.05, 0) is 0 Å². The first-order valence-corrected chi connectivity index (χ1v) is 11.9. The van der Waals surface area contributed by atoms with Crippen LogP contribution in [0.4, 0.5) is 0 Å². The molecule has 0 nitrogen and oxygen atoms in total. The molecule has 0 bridgehead atoms. The predicted octanol–water partition coefficient (Wildman–Crippen LogP) is 4.91. The Hall–Kier alpha value is 0.609. The summed E-state index contributed by atoms with van der Waals surface area (Å²) in [7, 11) is 12.3. The van der Waals surface area contributed by atoms with E-state index >= 15 is 0 Å². The van der Waals surface area contributed by atoms with Crippen molar-refractivity contribution in [2.75, 3.05) is 0 Å². The number of rotatable bonds is 3. The Labute approximate surface area is 101 Å².